The molecule has 0 radical (unpaired) electrons. The van der Waals surface area contributed by atoms with Gasteiger partial charge >= 0.3 is 0 Å². The van der Waals surface area contributed by atoms with E-state index in [0.29, 0.717) is 10.6 Å². The Labute approximate surface area is 154 Å². The van der Waals surface area contributed by atoms with E-state index < -0.39 is 10.0 Å². The van der Waals surface area contributed by atoms with Gasteiger partial charge < -0.3 is 0 Å². The molecule has 1 aromatic carbocycles. The average molecular weight is 429 g/mol. The number of thioether (sulfide) groups is 1. The third-order valence-electron chi connectivity index (χ3n) is 3.28. The van der Waals surface area contributed by atoms with Gasteiger partial charge in [0, 0.05) is 30.3 Å². The minimum Gasteiger partial charge on any atom is -0.293 e. The van der Waals surface area contributed by atoms with Gasteiger partial charge in [-0.05, 0) is 31.2 Å². The molecule has 0 unspecified atom stereocenters. The number of hydrogen-bond acceptors (Lipinski definition) is 5. The van der Waals surface area contributed by atoms with Gasteiger partial charge in [0.1, 0.15) is 4.90 Å². The summed E-state index contributed by atoms with van der Waals surface area (Å²) in [6, 6.07) is 10.3. The lowest BCUT2D eigenvalue weighted by Gasteiger charge is -2.12. The minimum absolute atomic E-state index is 0.000658. The minimum atomic E-state index is -3.50. The first-order chi connectivity index (χ1) is 11.2. The third kappa shape index (κ3) is 4.44. The highest BCUT2D eigenvalue weighted by Gasteiger charge is 2.20. The molecule has 2 aromatic rings. The summed E-state index contributed by atoms with van der Waals surface area (Å²) >= 11 is 4.64. The zero-order chi connectivity index (χ0) is 17.9. The molecule has 128 valence electrons. The van der Waals surface area contributed by atoms with Crippen molar-refractivity contribution in [2.24, 2.45) is 0 Å². The fourth-order valence-corrected chi connectivity index (χ4v) is 3.86. The van der Waals surface area contributed by atoms with Crippen LogP contribution in [0.4, 0.5) is 0 Å². The van der Waals surface area contributed by atoms with Crippen LogP contribution >= 0.6 is 27.7 Å². The molecular formula is C16H17BrN2O3S2. The number of nitrogens with zero attached hydrogens (tertiary/aromatic N) is 2. The lowest BCUT2D eigenvalue weighted by molar-refractivity contribution is 0.0994. The maximum Gasteiger partial charge on any atom is 0.244 e. The van der Waals surface area contributed by atoms with E-state index in [-0.39, 0.29) is 15.9 Å². The monoisotopic (exact) mass is 428 g/mol. The third-order valence-corrected chi connectivity index (χ3v) is 6.66. The molecule has 2 rings (SSSR count). The Hall–Kier alpha value is -1.22. The van der Waals surface area contributed by atoms with Gasteiger partial charge in [0.2, 0.25) is 10.0 Å². The van der Waals surface area contributed by atoms with Crippen LogP contribution in [0.25, 0.3) is 0 Å². The molecule has 24 heavy (non-hydrogen) atoms. The molecule has 0 saturated heterocycles. The predicted octanol–water partition coefficient (Wildman–Crippen LogP) is 3.46. The summed E-state index contributed by atoms with van der Waals surface area (Å²) in [4.78, 5) is 16.7. The van der Waals surface area contributed by atoms with Crippen molar-refractivity contribution in [1.82, 2.24) is 9.29 Å². The van der Waals surface area contributed by atoms with E-state index >= 15 is 0 Å². The number of Topliss-reactive ketones (excluding diaryl/α,β-unsaturated/α-hetero) is 1. The molecule has 0 bridgehead atoms. The smallest absolute Gasteiger partial charge is 0.244 e. The van der Waals surface area contributed by atoms with E-state index in [1.807, 2.05) is 12.1 Å². The summed E-state index contributed by atoms with van der Waals surface area (Å²) < 4.78 is 26.1. The quantitative estimate of drug-likeness (QED) is 0.520. The molecule has 0 saturated carbocycles. The maximum atomic E-state index is 12.4. The van der Waals surface area contributed by atoms with Crippen LogP contribution in [0.2, 0.25) is 0 Å². The Morgan fingerprint density at radius 3 is 2.29 bits per heavy atom. The average Bonchev–Trinajstić information content (AvgIpc) is 2.55. The Balaban J connectivity index is 2.11. The fraction of sp³-hybridized carbons (Fsp3) is 0.250. The zero-order valence-electron chi connectivity index (χ0n) is 13.4. The van der Waals surface area contributed by atoms with Crippen LogP contribution in [-0.2, 0) is 10.0 Å². The van der Waals surface area contributed by atoms with Crippen LogP contribution in [0.3, 0.4) is 0 Å². The van der Waals surface area contributed by atoms with Gasteiger partial charge in [-0.25, -0.2) is 17.7 Å². The fourth-order valence-electron chi connectivity index (χ4n) is 1.88. The van der Waals surface area contributed by atoms with E-state index in [0.717, 1.165) is 8.78 Å². The first kappa shape index (κ1) is 19.1. The van der Waals surface area contributed by atoms with Gasteiger partial charge in [0.15, 0.2) is 5.78 Å². The van der Waals surface area contributed by atoms with Crippen LogP contribution in [0, 0.1) is 0 Å². The summed E-state index contributed by atoms with van der Waals surface area (Å²) in [6.07, 6.45) is 1.31. The van der Waals surface area contributed by atoms with Crippen molar-refractivity contribution in [1.29, 1.82) is 0 Å². The van der Waals surface area contributed by atoms with Crippen molar-refractivity contribution < 1.29 is 13.2 Å². The Bertz CT molecular complexity index is 819. The van der Waals surface area contributed by atoms with E-state index in [9.17, 15) is 13.2 Å². The van der Waals surface area contributed by atoms with Crippen LogP contribution in [-0.4, -0.2) is 42.8 Å². The van der Waals surface area contributed by atoms with Crippen LogP contribution in [0.15, 0.2) is 57.0 Å². The van der Waals surface area contributed by atoms with Crippen molar-refractivity contribution in [3.8, 4) is 0 Å². The van der Waals surface area contributed by atoms with Gasteiger partial charge in [0.05, 0.1) is 10.3 Å². The van der Waals surface area contributed by atoms with Gasteiger partial charge in [-0.2, -0.15) is 0 Å². The van der Waals surface area contributed by atoms with Gasteiger partial charge in [-0.15, -0.1) is 0 Å². The molecule has 1 aromatic heterocycles. The number of pyridine rings is 1. The molecule has 0 N–H and O–H groups in total. The van der Waals surface area contributed by atoms with E-state index in [1.165, 1.54) is 38.1 Å². The zero-order valence-corrected chi connectivity index (χ0v) is 16.7. The van der Waals surface area contributed by atoms with Gasteiger partial charge in [0.25, 0.3) is 0 Å². The van der Waals surface area contributed by atoms with Crippen LogP contribution < -0.4 is 0 Å². The normalized spacial score (nSPS) is 13.0. The second-order valence-corrected chi connectivity index (χ2v) is 9.68. The van der Waals surface area contributed by atoms with E-state index in [4.69, 9.17) is 0 Å². The van der Waals surface area contributed by atoms with Crippen LogP contribution in [0.1, 0.15) is 17.3 Å². The van der Waals surface area contributed by atoms with Gasteiger partial charge in [-0.3, -0.25) is 4.79 Å². The largest absolute Gasteiger partial charge is 0.293 e. The predicted molar refractivity (Wildman–Crippen MR) is 98.9 cm³/mol. The highest BCUT2D eigenvalue weighted by atomic mass is 79.9. The van der Waals surface area contributed by atoms with E-state index in [2.05, 4.69) is 20.9 Å². The number of rotatable bonds is 6. The summed E-state index contributed by atoms with van der Waals surface area (Å²) in [5.74, 6) is -0.000658. The molecule has 0 aliphatic heterocycles. The highest BCUT2D eigenvalue weighted by Crippen LogP contribution is 2.25. The van der Waals surface area contributed by atoms with Crippen molar-refractivity contribution in [2.75, 3.05) is 14.1 Å². The Morgan fingerprint density at radius 2 is 1.79 bits per heavy atom. The van der Waals surface area contributed by atoms with Crippen molar-refractivity contribution in [3.05, 3.63) is 52.6 Å². The number of aromatic nitrogens is 1. The summed E-state index contributed by atoms with van der Waals surface area (Å²) in [6.45, 7) is 1.81. The summed E-state index contributed by atoms with van der Waals surface area (Å²) in [7, 11) is -0.557. The number of carbonyl (C=O) groups excluding carboxylic acids is 1. The molecule has 0 aliphatic rings. The summed E-state index contributed by atoms with van der Waals surface area (Å²) in [5, 5.41) is 0.278. The Kier molecular flexibility index (Phi) is 6.19. The van der Waals surface area contributed by atoms with E-state index in [1.54, 1.807) is 25.1 Å². The first-order valence-corrected chi connectivity index (χ1v) is 10.2. The molecule has 8 heteroatoms. The second kappa shape index (κ2) is 7.77. The standard InChI is InChI=1S/C16H17BrN2O3S2/c1-11(16(20)12-4-6-13(17)7-5-12)23-15-9-8-14(10-18-15)24(21,22)19(2)3/h4-11H,1-3H3/t11-/m1/s1. The molecule has 0 spiro atoms. The number of sulfonamides is 1. The van der Waals surface area contributed by atoms with Crippen molar-refractivity contribution >= 4 is 43.5 Å². The maximum absolute atomic E-state index is 12.4. The molecule has 5 nitrogen and oxygen atoms in total. The van der Waals surface area contributed by atoms with Gasteiger partial charge in [-0.1, -0.05) is 39.8 Å². The lowest BCUT2D eigenvalue weighted by atomic mass is 10.1. The SMILES string of the molecule is C[C@@H](Sc1ccc(S(=O)(=O)N(C)C)cn1)C(=O)c1ccc(Br)cc1. The highest BCUT2D eigenvalue weighted by molar-refractivity contribution is 9.10. The number of carbonyl (C=O) groups is 1. The number of benzene rings is 1. The first-order valence-electron chi connectivity index (χ1n) is 7.07. The molecule has 0 amide bonds. The lowest BCUT2D eigenvalue weighted by Crippen LogP contribution is -2.22. The van der Waals surface area contributed by atoms with Crippen LogP contribution in [0.5, 0.6) is 0 Å². The second-order valence-electron chi connectivity index (χ2n) is 5.25. The number of hydrogen-bond donors (Lipinski definition) is 0. The molecular weight excluding hydrogens is 412 g/mol. The number of ketones is 1. The molecule has 1 atom stereocenters. The van der Waals surface area contributed by atoms with Crippen molar-refractivity contribution in [3.63, 3.8) is 0 Å². The van der Waals surface area contributed by atoms with Crippen molar-refractivity contribution in [2.45, 2.75) is 22.1 Å². The molecule has 0 aliphatic carbocycles. The molecule has 1 heterocycles. The Morgan fingerprint density at radius 1 is 1.17 bits per heavy atom. The number of halogens is 1. The summed E-state index contributed by atoms with van der Waals surface area (Å²) in [5.41, 5.74) is 0.630. The topological polar surface area (TPSA) is 67.3 Å². The molecule has 0 fully saturated rings.